The third kappa shape index (κ3) is 4.05. The molecule has 1 N–H and O–H groups in total. The van der Waals surface area contributed by atoms with Crippen molar-refractivity contribution in [1.82, 2.24) is 0 Å². The normalized spacial score (nSPS) is 10.6. The Morgan fingerprint density at radius 1 is 1.39 bits per heavy atom. The SMILES string of the molecule is CCOC(=O)CC=Cc1cc(C(=O)O)ccc1C. The zero-order valence-corrected chi connectivity index (χ0v) is 10.5. The number of carbonyl (C=O) groups is 2. The molecule has 0 atom stereocenters. The molecule has 96 valence electrons. The number of carboxylic acid groups (broad SMARTS) is 1. The van der Waals surface area contributed by atoms with Crippen molar-refractivity contribution in [2.24, 2.45) is 0 Å². The molecule has 0 spiro atoms. The number of hydrogen-bond acceptors (Lipinski definition) is 3. The molecule has 0 saturated carbocycles. The van der Waals surface area contributed by atoms with E-state index in [1.165, 1.54) is 0 Å². The van der Waals surface area contributed by atoms with Crippen LogP contribution in [0.3, 0.4) is 0 Å². The highest BCUT2D eigenvalue weighted by Crippen LogP contribution is 2.13. The fraction of sp³-hybridized carbons (Fsp3) is 0.286. The Kier molecular flexibility index (Phi) is 5.11. The summed E-state index contributed by atoms with van der Waals surface area (Å²) in [6.07, 6.45) is 3.59. The minimum atomic E-state index is -0.963. The molecular weight excluding hydrogens is 232 g/mol. The van der Waals surface area contributed by atoms with Crippen LogP contribution < -0.4 is 0 Å². The largest absolute Gasteiger partial charge is 0.478 e. The van der Waals surface area contributed by atoms with Crippen LogP contribution in [0.15, 0.2) is 24.3 Å². The number of hydrogen-bond donors (Lipinski definition) is 1. The van der Waals surface area contributed by atoms with Crippen LogP contribution in [0.2, 0.25) is 0 Å². The number of ether oxygens (including phenoxy) is 1. The first kappa shape index (κ1) is 14.0. The number of carboxylic acids is 1. The van der Waals surface area contributed by atoms with Crippen LogP contribution in [-0.2, 0) is 9.53 Å². The van der Waals surface area contributed by atoms with E-state index in [-0.39, 0.29) is 18.0 Å². The average Bonchev–Trinajstić information content (AvgIpc) is 2.31. The standard InChI is InChI=1S/C14H16O4/c1-3-18-13(15)6-4-5-11-9-12(14(16)17)8-7-10(11)2/h4-5,7-9H,3,6H2,1-2H3,(H,16,17). The van der Waals surface area contributed by atoms with Gasteiger partial charge in [0.2, 0.25) is 0 Å². The van der Waals surface area contributed by atoms with Crippen LogP contribution in [0.25, 0.3) is 6.08 Å². The average molecular weight is 248 g/mol. The van der Waals surface area contributed by atoms with Crippen LogP contribution in [-0.4, -0.2) is 23.7 Å². The van der Waals surface area contributed by atoms with E-state index in [0.717, 1.165) is 11.1 Å². The van der Waals surface area contributed by atoms with Crippen molar-refractivity contribution in [1.29, 1.82) is 0 Å². The molecule has 18 heavy (non-hydrogen) atoms. The third-order valence-corrected chi connectivity index (χ3v) is 2.41. The summed E-state index contributed by atoms with van der Waals surface area (Å²) in [5, 5.41) is 8.89. The predicted octanol–water partition coefficient (Wildman–Crippen LogP) is 2.66. The Morgan fingerprint density at radius 2 is 2.11 bits per heavy atom. The van der Waals surface area contributed by atoms with Gasteiger partial charge in [-0.1, -0.05) is 18.2 Å². The Balaban J connectivity index is 2.77. The number of rotatable bonds is 5. The maximum absolute atomic E-state index is 11.1. The zero-order chi connectivity index (χ0) is 13.5. The molecule has 0 aliphatic heterocycles. The van der Waals surface area contributed by atoms with Crippen LogP contribution in [0, 0.1) is 6.92 Å². The summed E-state index contributed by atoms with van der Waals surface area (Å²) in [7, 11) is 0. The van der Waals surface area contributed by atoms with Gasteiger partial charge in [0, 0.05) is 0 Å². The van der Waals surface area contributed by atoms with Gasteiger partial charge in [-0.05, 0) is 37.1 Å². The molecule has 1 aromatic rings. The first-order valence-corrected chi connectivity index (χ1v) is 5.70. The summed E-state index contributed by atoms with van der Waals surface area (Å²) < 4.78 is 4.79. The molecule has 0 aliphatic rings. The van der Waals surface area contributed by atoms with Crippen molar-refractivity contribution < 1.29 is 19.4 Å². The molecule has 0 unspecified atom stereocenters. The van der Waals surface area contributed by atoms with Gasteiger partial charge in [0.15, 0.2) is 0 Å². The minimum absolute atomic E-state index is 0.185. The number of esters is 1. The van der Waals surface area contributed by atoms with Gasteiger partial charge in [0.1, 0.15) is 0 Å². The van der Waals surface area contributed by atoms with Crippen LogP contribution in [0.1, 0.15) is 34.8 Å². The van der Waals surface area contributed by atoms with E-state index < -0.39 is 5.97 Å². The molecule has 0 aromatic heterocycles. The van der Waals surface area contributed by atoms with E-state index in [0.29, 0.717) is 6.61 Å². The Bertz CT molecular complexity index is 475. The van der Waals surface area contributed by atoms with Crippen LogP contribution in [0.5, 0.6) is 0 Å². The lowest BCUT2D eigenvalue weighted by Crippen LogP contribution is -2.01. The highest BCUT2D eigenvalue weighted by Gasteiger charge is 2.04. The van der Waals surface area contributed by atoms with E-state index in [1.807, 2.05) is 6.92 Å². The van der Waals surface area contributed by atoms with Crippen LogP contribution >= 0.6 is 0 Å². The minimum Gasteiger partial charge on any atom is -0.478 e. The van der Waals surface area contributed by atoms with Gasteiger partial charge in [-0.2, -0.15) is 0 Å². The molecule has 0 heterocycles. The molecule has 0 saturated heterocycles. The number of benzene rings is 1. The lowest BCUT2D eigenvalue weighted by atomic mass is 10.0. The van der Waals surface area contributed by atoms with Gasteiger partial charge < -0.3 is 9.84 Å². The van der Waals surface area contributed by atoms with E-state index in [9.17, 15) is 9.59 Å². The molecule has 0 fully saturated rings. The molecule has 1 rings (SSSR count). The van der Waals surface area contributed by atoms with Crippen molar-refractivity contribution in [2.75, 3.05) is 6.61 Å². The molecular formula is C14H16O4. The quantitative estimate of drug-likeness (QED) is 0.814. The van der Waals surface area contributed by atoms with Gasteiger partial charge >= 0.3 is 11.9 Å². The molecule has 1 aromatic carbocycles. The number of carbonyl (C=O) groups excluding carboxylic acids is 1. The smallest absolute Gasteiger partial charge is 0.335 e. The zero-order valence-electron chi connectivity index (χ0n) is 10.5. The molecule has 0 aliphatic carbocycles. The Hall–Kier alpha value is -2.10. The van der Waals surface area contributed by atoms with Gasteiger partial charge in [-0.3, -0.25) is 4.79 Å². The van der Waals surface area contributed by atoms with Crippen LogP contribution in [0.4, 0.5) is 0 Å². The van der Waals surface area contributed by atoms with E-state index in [2.05, 4.69) is 0 Å². The second-order valence-corrected chi connectivity index (χ2v) is 3.79. The molecule has 4 nitrogen and oxygen atoms in total. The summed E-state index contributed by atoms with van der Waals surface area (Å²) in [6.45, 7) is 4.00. The summed E-state index contributed by atoms with van der Waals surface area (Å²) in [5.41, 5.74) is 1.98. The monoisotopic (exact) mass is 248 g/mol. The number of aryl methyl sites for hydroxylation is 1. The fourth-order valence-electron chi connectivity index (χ4n) is 1.46. The maximum Gasteiger partial charge on any atom is 0.335 e. The second-order valence-electron chi connectivity index (χ2n) is 3.79. The maximum atomic E-state index is 11.1. The van der Waals surface area contributed by atoms with Gasteiger partial charge in [-0.25, -0.2) is 4.79 Å². The van der Waals surface area contributed by atoms with Crippen molar-refractivity contribution in [2.45, 2.75) is 20.3 Å². The summed E-state index contributed by atoms with van der Waals surface area (Å²) in [4.78, 5) is 22.0. The first-order valence-electron chi connectivity index (χ1n) is 5.70. The van der Waals surface area contributed by atoms with E-state index in [4.69, 9.17) is 9.84 Å². The van der Waals surface area contributed by atoms with Gasteiger partial charge in [-0.15, -0.1) is 0 Å². The molecule has 0 amide bonds. The van der Waals surface area contributed by atoms with Crippen molar-refractivity contribution in [3.63, 3.8) is 0 Å². The Labute approximate surface area is 106 Å². The molecule has 0 radical (unpaired) electrons. The second kappa shape index (κ2) is 6.59. The third-order valence-electron chi connectivity index (χ3n) is 2.41. The first-order chi connectivity index (χ1) is 8.54. The van der Waals surface area contributed by atoms with Crippen molar-refractivity contribution in [3.05, 3.63) is 41.0 Å². The van der Waals surface area contributed by atoms with Gasteiger partial charge in [0.25, 0.3) is 0 Å². The highest BCUT2D eigenvalue weighted by atomic mass is 16.5. The van der Waals surface area contributed by atoms with E-state index in [1.54, 1.807) is 37.3 Å². The number of aromatic carboxylic acids is 1. The fourth-order valence-corrected chi connectivity index (χ4v) is 1.46. The summed E-state index contributed by atoms with van der Waals surface area (Å²) in [5.74, 6) is -1.25. The Morgan fingerprint density at radius 3 is 2.72 bits per heavy atom. The summed E-state index contributed by atoms with van der Waals surface area (Å²) in [6, 6.07) is 4.88. The molecule has 4 heteroatoms. The van der Waals surface area contributed by atoms with Crippen molar-refractivity contribution >= 4 is 18.0 Å². The topological polar surface area (TPSA) is 63.6 Å². The lowest BCUT2D eigenvalue weighted by molar-refractivity contribution is -0.142. The summed E-state index contributed by atoms with van der Waals surface area (Å²) >= 11 is 0. The molecule has 0 bridgehead atoms. The van der Waals surface area contributed by atoms with E-state index >= 15 is 0 Å². The lowest BCUT2D eigenvalue weighted by Gasteiger charge is -2.02. The predicted molar refractivity (Wildman–Crippen MR) is 68.4 cm³/mol. The highest BCUT2D eigenvalue weighted by molar-refractivity contribution is 5.88. The van der Waals surface area contributed by atoms with Gasteiger partial charge in [0.05, 0.1) is 18.6 Å². The van der Waals surface area contributed by atoms with Crippen molar-refractivity contribution in [3.8, 4) is 0 Å².